The molecule has 0 spiro atoms. The fourth-order valence-corrected chi connectivity index (χ4v) is 10.3. The summed E-state index contributed by atoms with van der Waals surface area (Å²) in [7, 11) is 6.10. The van der Waals surface area contributed by atoms with Gasteiger partial charge in [0.1, 0.15) is 0 Å². The summed E-state index contributed by atoms with van der Waals surface area (Å²) in [5.74, 6) is 0. The molecule has 0 amide bonds. The van der Waals surface area contributed by atoms with E-state index in [2.05, 4.69) is 83.1 Å². The maximum Gasteiger partial charge on any atom is 0.202 e. The van der Waals surface area contributed by atoms with Crippen molar-refractivity contribution in [3.05, 3.63) is 21.4 Å². The predicted octanol–water partition coefficient (Wildman–Crippen LogP) is 9.84. The van der Waals surface area contributed by atoms with Crippen molar-refractivity contribution in [2.75, 3.05) is 0 Å². The molecule has 0 bridgehead atoms. The smallest absolute Gasteiger partial charge is 0.0589 e. The Morgan fingerprint density at radius 1 is 0.600 bits per heavy atom. The van der Waals surface area contributed by atoms with Crippen molar-refractivity contribution in [3.8, 4) is 0 Å². The molecule has 2 heterocycles. The van der Waals surface area contributed by atoms with Gasteiger partial charge in [-0.3, -0.25) is 0 Å². The van der Waals surface area contributed by atoms with Crippen molar-refractivity contribution >= 4 is 33.3 Å². The Morgan fingerprint density at radius 2 is 0.960 bits per heavy atom. The summed E-state index contributed by atoms with van der Waals surface area (Å²) in [4.78, 5) is 0. The molecule has 0 aliphatic carbocycles. The van der Waals surface area contributed by atoms with E-state index < -0.39 is 0 Å². The van der Waals surface area contributed by atoms with Crippen molar-refractivity contribution in [1.29, 1.82) is 0 Å². The molecule has 5 radical (unpaired) electrons. The van der Waals surface area contributed by atoms with Crippen LogP contribution in [0, 0.1) is 21.6 Å². The first kappa shape index (κ1) is 26.8. The van der Waals surface area contributed by atoms with E-state index >= 15 is 0 Å². The molecule has 0 atom stereocenters. The summed E-state index contributed by atoms with van der Waals surface area (Å²) in [5.41, 5.74) is 1.60. The zero-order valence-corrected chi connectivity index (χ0v) is 22.7. The Balaban J connectivity index is 0.000000449. The quantitative estimate of drug-likeness (QED) is 0.206. The molecule has 1 saturated heterocycles. The van der Waals surface area contributed by atoms with E-state index in [9.17, 15) is 0 Å². The molecule has 1 aliphatic heterocycles. The molecule has 0 aromatic carbocycles. The number of hydrogen-bond acceptors (Lipinski definition) is 0. The van der Waals surface area contributed by atoms with Crippen LogP contribution in [0.4, 0.5) is 0 Å². The fourth-order valence-electron chi connectivity index (χ4n) is 2.00. The normalized spacial score (nSPS) is 21.3. The minimum Gasteiger partial charge on any atom is -0.0589 e. The van der Waals surface area contributed by atoms with Crippen molar-refractivity contribution in [2.45, 2.75) is 93.9 Å². The standard InChI is InChI=1S/C10H18P3.C10H18P.Ni/c1-9(2,3)7-11-8(13-12-7)10(4,5)6;1-9(2,3)7-8(11-7)10(4,5)6;/h1-6H3;1-6H3;/q;+1;. The molecule has 1 fully saturated rings. The molecule has 1 aromatic rings. The van der Waals surface area contributed by atoms with Gasteiger partial charge in [0, 0.05) is 27.3 Å². The van der Waals surface area contributed by atoms with Gasteiger partial charge in [-0.2, -0.15) is 0 Å². The molecular weight excluding hydrogens is 423 g/mol. The van der Waals surface area contributed by atoms with Gasteiger partial charge < -0.3 is 0 Å². The molecule has 0 unspecified atom stereocenters. The second-order valence-corrected chi connectivity index (χ2v) is 16.2. The van der Waals surface area contributed by atoms with E-state index in [0.717, 1.165) is 0 Å². The van der Waals surface area contributed by atoms with E-state index in [4.69, 9.17) is 0 Å². The summed E-state index contributed by atoms with van der Waals surface area (Å²) >= 11 is 0. The summed E-state index contributed by atoms with van der Waals surface area (Å²) in [5, 5.41) is 6.67. The van der Waals surface area contributed by atoms with Gasteiger partial charge in [0.15, 0.2) is 8.19 Å². The van der Waals surface area contributed by atoms with E-state index in [-0.39, 0.29) is 16.5 Å². The Labute approximate surface area is 175 Å². The molecule has 1 aliphatic rings. The van der Waals surface area contributed by atoms with Crippen molar-refractivity contribution in [1.82, 2.24) is 0 Å². The van der Waals surface area contributed by atoms with E-state index in [0.29, 0.717) is 21.7 Å². The van der Waals surface area contributed by atoms with Crippen LogP contribution in [0.15, 0.2) is 0 Å². The van der Waals surface area contributed by atoms with E-state index in [1.54, 1.807) is 21.4 Å². The van der Waals surface area contributed by atoms with Crippen LogP contribution >= 0.6 is 33.3 Å². The molecule has 145 valence electrons. The number of rotatable bonds is 0. The molecule has 1 aromatic heterocycles. The Kier molecular flexibility index (Phi) is 9.76. The average Bonchev–Trinajstić information content (AvgIpc) is 2.97. The van der Waals surface area contributed by atoms with Crippen LogP contribution in [0.3, 0.4) is 0 Å². The van der Waals surface area contributed by atoms with Crippen molar-refractivity contribution in [3.63, 3.8) is 0 Å². The molecule has 0 nitrogen and oxygen atoms in total. The third-order valence-corrected chi connectivity index (χ3v) is 12.9. The topological polar surface area (TPSA) is 0 Å². The SMILES string of the molecule is CC(C)(C)[C]1[P][P][C](C(C)(C)C)[P]1.CC(C)(C)c1p[c+]1C(C)(C)C.[Ni]. The van der Waals surface area contributed by atoms with Gasteiger partial charge in [-0.05, 0) is 68.9 Å². The van der Waals surface area contributed by atoms with Gasteiger partial charge in [-0.1, -0.05) is 50.1 Å². The predicted molar refractivity (Wildman–Crippen MR) is 119 cm³/mol. The zero-order chi connectivity index (χ0) is 19.1. The Bertz CT molecular complexity index is 451. The van der Waals surface area contributed by atoms with Crippen LogP contribution in [-0.4, -0.2) is 0 Å². The molecular formula is C20H36NiP4+. The van der Waals surface area contributed by atoms with Gasteiger partial charge in [0.05, 0.1) is 10.8 Å². The van der Waals surface area contributed by atoms with Crippen LogP contribution < -0.4 is 0 Å². The zero-order valence-electron chi connectivity index (χ0n) is 18.1. The third kappa shape index (κ3) is 8.79. The molecule has 0 N–H and O–H groups in total. The first-order valence-electron chi connectivity index (χ1n) is 8.79. The van der Waals surface area contributed by atoms with Crippen molar-refractivity contribution < 1.29 is 16.5 Å². The Morgan fingerprint density at radius 3 is 1.08 bits per heavy atom. The second kappa shape index (κ2) is 9.10. The van der Waals surface area contributed by atoms with Crippen molar-refractivity contribution in [2.24, 2.45) is 10.8 Å². The molecule has 0 saturated carbocycles. The largest absolute Gasteiger partial charge is 0.202 e. The first-order valence-corrected chi connectivity index (χ1v) is 13.1. The van der Waals surface area contributed by atoms with E-state index in [1.807, 2.05) is 0 Å². The monoisotopic (exact) mass is 458 g/mol. The van der Waals surface area contributed by atoms with Crippen LogP contribution in [0.25, 0.3) is 0 Å². The fraction of sp³-hybridized carbons (Fsp3) is 0.800. The summed E-state index contributed by atoms with van der Waals surface area (Å²) in [6.07, 6.45) is 0. The van der Waals surface area contributed by atoms with Crippen LogP contribution in [0.1, 0.15) is 93.7 Å². The minimum atomic E-state index is 0. The summed E-state index contributed by atoms with van der Waals surface area (Å²) in [6, 6.07) is 0. The van der Waals surface area contributed by atoms with Crippen LogP contribution in [0.5, 0.6) is 0 Å². The first-order chi connectivity index (χ1) is 10.4. The van der Waals surface area contributed by atoms with Crippen LogP contribution in [-0.2, 0) is 27.3 Å². The Hall–Kier alpha value is 1.82. The van der Waals surface area contributed by atoms with Crippen LogP contribution in [0.2, 0.25) is 0 Å². The minimum absolute atomic E-state index is 0. The van der Waals surface area contributed by atoms with Gasteiger partial charge >= 0.3 is 0 Å². The average molecular weight is 459 g/mol. The molecule has 5 heteroatoms. The summed E-state index contributed by atoms with van der Waals surface area (Å²) in [6.45, 7) is 27.7. The molecule has 25 heavy (non-hydrogen) atoms. The maximum atomic E-state index is 2.32. The maximum absolute atomic E-state index is 2.32. The van der Waals surface area contributed by atoms with Gasteiger partial charge in [-0.25, -0.2) is 0 Å². The van der Waals surface area contributed by atoms with Gasteiger partial charge in [-0.15, -0.1) is 0 Å². The number of hydrogen-bond donors (Lipinski definition) is 0. The summed E-state index contributed by atoms with van der Waals surface area (Å²) < 4.78 is 0. The molecule has 2 rings (SSSR count). The van der Waals surface area contributed by atoms with E-state index in [1.165, 1.54) is 33.3 Å². The van der Waals surface area contributed by atoms with Gasteiger partial charge in [0.25, 0.3) is 0 Å². The second-order valence-electron chi connectivity index (χ2n) is 10.8. The third-order valence-electron chi connectivity index (χ3n) is 3.61. The van der Waals surface area contributed by atoms with Gasteiger partial charge in [0.2, 0.25) is 10.6 Å².